The predicted molar refractivity (Wildman–Crippen MR) is 120 cm³/mol. The quantitative estimate of drug-likeness (QED) is 0.746. The van der Waals surface area contributed by atoms with Crippen molar-refractivity contribution in [2.45, 2.75) is 91.3 Å². The number of aromatic hydroxyl groups is 1. The van der Waals surface area contributed by atoms with Crippen LogP contribution < -0.4 is 16.4 Å². The average molecular weight is 368 g/mol. The number of rotatable bonds is 1. The summed E-state index contributed by atoms with van der Waals surface area (Å²) in [7, 11) is 3.72. The van der Waals surface area contributed by atoms with Crippen LogP contribution in [0.5, 0.6) is 5.75 Å². The lowest BCUT2D eigenvalue weighted by Gasteiger charge is -2.44. The fraction of sp³-hybridized carbons (Fsp3) is 0.714. The minimum absolute atomic E-state index is 0.00836. The summed E-state index contributed by atoms with van der Waals surface area (Å²) < 4.78 is 12.6. The first-order valence-corrected chi connectivity index (χ1v) is 10.1. The Hall–Kier alpha value is -0.865. The predicted octanol–water partition coefficient (Wildman–Crippen LogP) is 0.803. The van der Waals surface area contributed by atoms with Crippen LogP contribution in [0.4, 0.5) is 0 Å². The molecule has 1 aromatic rings. The zero-order valence-corrected chi connectivity index (χ0v) is 19.3. The lowest BCUT2D eigenvalue weighted by atomic mass is 9.58. The second-order valence-corrected chi connectivity index (χ2v) is 11.2. The topological polar surface area (TPSA) is 38.7 Å². The van der Waals surface area contributed by atoms with E-state index in [1.54, 1.807) is 0 Å². The monoisotopic (exact) mass is 368 g/mol. The van der Waals surface area contributed by atoms with E-state index in [-0.39, 0.29) is 16.2 Å². The van der Waals surface area contributed by atoms with Crippen molar-refractivity contribution in [1.29, 1.82) is 0 Å². The van der Waals surface area contributed by atoms with Crippen LogP contribution in [0.1, 0.15) is 80.4 Å². The molecule has 0 aromatic heterocycles. The van der Waals surface area contributed by atoms with Gasteiger partial charge in [-0.25, -0.2) is 0 Å². The molecule has 6 heteroatoms. The normalized spacial score (nSPS) is 26.2. The molecule has 1 fully saturated rings. The molecule has 0 bridgehead atoms. The van der Waals surface area contributed by atoms with Crippen molar-refractivity contribution in [2.75, 3.05) is 0 Å². The van der Waals surface area contributed by atoms with Gasteiger partial charge in [0.1, 0.15) is 21.4 Å². The molecule has 0 unspecified atom stereocenters. The molecule has 1 aliphatic heterocycles. The molecular weight excluding hydrogens is 333 g/mol. The van der Waals surface area contributed by atoms with Crippen LogP contribution in [0, 0.1) is 5.41 Å². The average Bonchev–Trinajstić information content (AvgIpc) is 2.75. The second kappa shape index (κ2) is 5.39. The van der Waals surface area contributed by atoms with Gasteiger partial charge in [0.25, 0.3) is 0 Å². The Labute approximate surface area is 167 Å². The van der Waals surface area contributed by atoms with E-state index in [0.29, 0.717) is 5.75 Å². The van der Waals surface area contributed by atoms with Crippen LogP contribution in [0.25, 0.3) is 0 Å². The molecule has 0 radical (unpaired) electrons. The van der Waals surface area contributed by atoms with Crippen LogP contribution in [0.3, 0.4) is 0 Å². The highest BCUT2D eigenvalue weighted by Gasteiger charge is 2.60. The third-order valence-corrected chi connectivity index (χ3v) is 8.95. The number of hydrogen-bond acceptors (Lipinski definition) is 3. The maximum atomic E-state index is 11.6. The third kappa shape index (κ3) is 2.32. The van der Waals surface area contributed by atoms with E-state index in [1.165, 1.54) is 11.0 Å². The van der Waals surface area contributed by atoms with E-state index >= 15 is 0 Å². The Morgan fingerprint density at radius 3 is 1.56 bits per heavy atom. The summed E-state index contributed by atoms with van der Waals surface area (Å²) in [6.45, 7) is 22.0. The minimum atomic E-state index is -0.554. The Morgan fingerprint density at radius 2 is 1.11 bits per heavy atom. The molecular formula is C21H35B3O3. The number of phenolic OH excluding ortho intramolecular Hbond substituents is 1. The van der Waals surface area contributed by atoms with Gasteiger partial charge in [0.05, 0.1) is 11.2 Å². The van der Waals surface area contributed by atoms with Gasteiger partial charge in [-0.05, 0) is 49.5 Å². The lowest BCUT2D eigenvalue weighted by Crippen LogP contribution is -2.52. The molecule has 27 heavy (non-hydrogen) atoms. The summed E-state index contributed by atoms with van der Waals surface area (Å²) in [5.74, 6) is 0.357. The van der Waals surface area contributed by atoms with E-state index < -0.39 is 18.3 Å². The maximum absolute atomic E-state index is 11.6. The van der Waals surface area contributed by atoms with Crippen molar-refractivity contribution in [3.63, 3.8) is 0 Å². The van der Waals surface area contributed by atoms with Crippen molar-refractivity contribution in [3.8, 4) is 5.75 Å². The molecule has 1 aliphatic carbocycles. The minimum Gasteiger partial charge on any atom is -0.508 e. The second-order valence-electron chi connectivity index (χ2n) is 11.2. The van der Waals surface area contributed by atoms with Crippen molar-refractivity contribution in [1.82, 2.24) is 0 Å². The number of hydrogen-bond donors (Lipinski definition) is 1. The first-order valence-electron chi connectivity index (χ1n) is 10.1. The van der Waals surface area contributed by atoms with Gasteiger partial charge in [-0.2, -0.15) is 0 Å². The van der Waals surface area contributed by atoms with Crippen LogP contribution in [0.15, 0.2) is 0 Å². The van der Waals surface area contributed by atoms with Gasteiger partial charge in [-0.1, -0.05) is 52.5 Å². The number of fused-ring (bicyclic) bond motifs is 1. The fourth-order valence-electron chi connectivity index (χ4n) is 5.05. The highest BCUT2D eigenvalue weighted by molar-refractivity contribution is 6.71. The summed E-state index contributed by atoms with van der Waals surface area (Å²) in [6, 6.07) is 0. The summed E-state index contributed by atoms with van der Waals surface area (Å²) in [5, 5.41) is 11.6. The van der Waals surface area contributed by atoms with Crippen LogP contribution in [0.2, 0.25) is 0 Å². The summed E-state index contributed by atoms with van der Waals surface area (Å²) in [4.78, 5) is 0. The standard InChI is InChI=1S/C21H35B3O3/c1-17(2)11-12(18(3,4)19(17,5)6)16(25)15(14(23)13(11)22)24-26-20(7,8)21(9,10)27-24/h25H,22-23H2,1-10H3. The Bertz CT molecular complexity index is 807. The van der Waals surface area contributed by atoms with Crippen molar-refractivity contribution in [2.24, 2.45) is 5.41 Å². The Balaban J connectivity index is 2.31. The Kier molecular flexibility index (Phi) is 4.16. The molecule has 1 N–H and O–H groups in total. The van der Waals surface area contributed by atoms with Crippen molar-refractivity contribution in [3.05, 3.63) is 11.1 Å². The van der Waals surface area contributed by atoms with Crippen LogP contribution in [-0.2, 0) is 20.1 Å². The third-order valence-electron chi connectivity index (χ3n) is 8.95. The zero-order chi connectivity index (χ0) is 21.0. The fourth-order valence-corrected chi connectivity index (χ4v) is 5.05. The van der Waals surface area contributed by atoms with Crippen molar-refractivity contribution < 1.29 is 14.4 Å². The SMILES string of the molecule is Bc1c(B)c2c(c(O)c1B1OC(C)(C)C(C)(C)O1)C(C)(C)C(C)(C)C2(C)C. The number of phenols is 1. The van der Waals surface area contributed by atoms with Gasteiger partial charge in [-0.3, -0.25) is 0 Å². The van der Waals surface area contributed by atoms with Crippen LogP contribution in [-0.4, -0.2) is 39.1 Å². The van der Waals surface area contributed by atoms with E-state index in [4.69, 9.17) is 9.31 Å². The highest BCUT2D eigenvalue weighted by atomic mass is 16.7. The van der Waals surface area contributed by atoms with Gasteiger partial charge in [-0.15, -0.1) is 0 Å². The van der Waals surface area contributed by atoms with Crippen LogP contribution >= 0.6 is 0 Å². The summed E-state index contributed by atoms with van der Waals surface area (Å²) in [5.41, 5.74) is 4.37. The van der Waals surface area contributed by atoms with Crippen molar-refractivity contribution >= 4 is 39.2 Å². The molecule has 0 atom stereocenters. The van der Waals surface area contributed by atoms with Gasteiger partial charge in [0.15, 0.2) is 0 Å². The first kappa shape index (κ1) is 20.9. The molecule has 146 valence electrons. The molecule has 1 saturated heterocycles. The molecule has 3 nitrogen and oxygen atoms in total. The molecule has 0 saturated carbocycles. The lowest BCUT2D eigenvalue weighted by molar-refractivity contribution is 0.00578. The largest absolute Gasteiger partial charge is 0.508 e. The van der Waals surface area contributed by atoms with E-state index in [9.17, 15) is 5.11 Å². The highest BCUT2D eigenvalue weighted by Crippen LogP contribution is 2.62. The van der Waals surface area contributed by atoms with Gasteiger partial charge >= 0.3 is 7.12 Å². The van der Waals surface area contributed by atoms with Gasteiger partial charge in [0, 0.05) is 11.0 Å². The molecule has 1 heterocycles. The summed E-state index contributed by atoms with van der Waals surface area (Å²) >= 11 is 0. The van der Waals surface area contributed by atoms with Gasteiger partial charge in [0.2, 0.25) is 0 Å². The first-order chi connectivity index (χ1) is 11.9. The van der Waals surface area contributed by atoms with E-state index in [2.05, 4.69) is 84.9 Å². The molecule has 1 aromatic carbocycles. The van der Waals surface area contributed by atoms with E-state index in [1.807, 2.05) is 0 Å². The molecule has 2 aliphatic rings. The number of benzene rings is 1. The molecule has 3 rings (SSSR count). The smallest absolute Gasteiger partial charge is 0.498 e. The molecule has 0 amide bonds. The maximum Gasteiger partial charge on any atom is 0.498 e. The van der Waals surface area contributed by atoms with E-state index in [0.717, 1.165) is 16.5 Å². The molecule has 0 spiro atoms. The zero-order valence-electron chi connectivity index (χ0n) is 19.3. The van der Waals surface area contributed by atoms with Gasteiger partial charge < -0.3 is 14.4 Å². The summed E-state index contributed by atoms with van der Waals surface area (Å²) in [6.07, 6.45) is 0. The Morgan fingerprint density at radius 1 is 0.704 bits per heavy atom.